The van der Waals surface area contributed by atoms with Crippen molar-refractivity contribution < 1.29 is 14.6 Å². The highest BCUT2D eigenvalue weighted by atomic mass is 16.6. The minimum Gasteiger partial charge on any atom is -0.461 e. The van der Waals surface area contributed by atoms with E-state index in [1.54, 1.807) is 13.8 Å². The summed E-state index contributed by atoms with van der Waals surface area (Å²) in [5.74, 6) is -0.527. The smallest absolute Gasteiger partial charge is 0.339 e. The van der Waals surface area contributed by atoms with Crippen molar-refractivity contribution in [1.82, 2.24) is 0 Å². The maximum atomic E-state index is 11.8. The van der Waals surface area contributed by atoms with Crippen molar-refractivity contribution in [3.63, 3.8) is 0 Å². The summed E-state index contributed by atoms with van der Waals surface area (Å²) < 4.78 is 5.09. The van der Waals surface area contributed by atoms with Crippen LogP contribution in [0.4, 0.5) is 0 Å². The summed E-state index contributed by atoms with van der Waals surface area (Å²) in [5.41, 5.74) is -1.10. The molecule has 0 radical (unpaired) electrons. The standard InChI is InChI=1S/C12H20O3/c1-8(2)15-10(13)12(14)7-6-9(3)11(12,4)5/h8,14H,3,6-7H2,1-2,4-5H3. The molecule has 3 heteroatoms. The van der Waals surface area contributed by atoms with Crippen molar-refractivity contribution in [3.8, 4) is 0 Å². The summed E-state index contributed by atoms with van der Waals surface area (Å²) in [7, 11) is 0. The molecule has 0 heterocycles. The molecule has 0 spiro atoms. The number of hydrogen-bond donors (Lipinski definition) is 1. The van der Waals surface area contributed by atoms with E-state index < -0.39 is 17.0 Å². The van der Waals surface area contributed by atoms with Gasteiger partial charge in [0.05, 0.1) is 6.10 Å². The van der Waals surface area contributed by atoms with Gasteiger partial charge >= 0.3 is 5.97 Å². The monoisotopic (exact) mass is 212 g/mol. The number of esters is 1. The van der Waals surface area contributed by atoms with Crippen LogP contribution in [-0.2, 0) is 9.53 Å². The second-order valence-electron chi connectivity index (χ2n) is 5.04. The van der Waals surface area contributed by atoms with E-state index in [9.17, 15) is 9.90 Å². The molecule has 0 aliphatic heterocycles. The van der Waals surface area contributed by atoms with Crippen molar-refractivity contribution in [2.75, 3.05) is 0 Å². The molecule has 1 aliphatic rings. The zero-order valence-corrected chi connectivity index (χ0v) is 9.96. The first-order valence-electron chi connectivity index (χ1n) is 5.33. The predicted molar refractivity (Wildman–Crippen MR) is 58.3 cm³/mol. The Hall–Kier alpha value is -0.830. The third-order valence-electron chi connectivity index (χ3n) is 3.39. The number of rotatable bonds is 2. The highest BCUT2D eigenvalue weighted by molar-refractivity contribution is 5.82. The van der Waals surface area contributed by atoms with Gasteiger partial charge in [0, 0.05) is 5.41 Å². The van der Waals surface area contributed by atoms with Crippen LogP contribution in [0.3, 0.4) is 0 Å². The van der Waals surface area contributed by atoms with Crippen molar-refractivity contribution in [3.05, 3.63) is 12.2 Å². The second-order valence-corrected chi connectivity index (χ2v) is 5.04. The quantitative estimate of drug-likeness (QED) is 0.563. The molecule has 0 saturated heterocycles. The van der Waals surface area contributed by atoms with Crippen molar-refractivity contribution >= 4 is 5.97 Å². The fraction of sp³-hybridized carbons (Fsp3) is 0.750. The highest BCUT2D eigenvalue weighted by Gasteiger charge is 2.56. The zero-order valence-electron chi connectivity index (χ0n) is 9.96. The number of aliphatic hydroxyl groups is 1. The maximum absolute atomic E-state index is 11.8. The fourth-order valence-corrected chi connectivity index (χ4v) is 1.92. The van der Waals surface area contributed by atoms with Gasteiger partial charge in [0.15, 0.2) is 5.60 Å². The second kappa shape index (κ2) is 3.63. The molecule has 1 N–H and O–H groups in total. The third kappa shape index (κ3) is 1.81. The van der Waals surface area contributed by atoms with Gasteiger partial charge in [-0.25, -0.2) is 4.79 Å². The van der Waals surface area contributed by atoms with E-state index in [2.05, 4.69) is 6.58 Å². The van der Waals surface area contributed by atoms with Gasteiger partial charge < -0.3 is 9.84 Å². The van der Waals surface area contributed by atoms with Gasteiger partial charge in [0.2, 0.25) is 0 Å². The van der Waals surface area contributed by atoms with Crippen molar-refractivity contribution in [2.45, 2.75) is 52.2 Å². The van der Waals surface area contributed by atoms with E-state index in [1.807, 2.05) is 13.8 Å². The van der Waals surface area contributed by atoms with Crippen LogP contribution in [0.25, 0.3) is 0 Å². The molecule has 0 aromatic carbocycles. The summed E-state index contributed by atoms with van der Waals surface area (Å²) in [6, 6.07) is 0. The van der Waals surface area contributed by atoms with E-state index in [0.29, 0.717) is 12.8 Å². The van der Waals surface area contributed by atoms with Gasteiger partial charge in [0.1, 0.15) is 0 Å². The molecular weight excluding hydrogens is 192 g/mol. The topological polar surface area (TPSA) is 46.5 Å². The van der Waals surface area contributed by atoms with Gasteiger partial charge in [-0.1, -0.05) is 26.0 Å². The van der Waals surface area contributed by atoms with Gasteiger partial charge in [-0.2, -0.15) is 0 Å². The molecule has 86 valence electrons. The van der Waals surface area contributed by atoms with E-state index >= 15 is 0 Å². The minimum absolute atomic E-state index is 0.203. The molecule has 0 aromatic rings. The largest absolute Gasteiger partial charge is 0.461 e. The first-order chi connectivity index (χ1) is 6.72. The normalized spacial score (nSPS) is 29.6. The Kier molecular flexibility index (Phi) is 2.97. The molecule has 1 saturated carbocycles. The highest BCUT2D eigenvalue weighted by Crippen LogP contribution is 2.49. The van der Waals surface area contributed by atoms with Gasteiger partial charge in [-0.05, 0) is 26.7 Å². The van der Waals surface area contributed by atoms with Gasteiger partial charge in [0.25, 0.3) is 0 Å². The molecule has 15 heavy (non-hydrogen) atoms. The Morgan fingerprint density at radius 2 is 2.07 bits per heavy atom. The summed E-state index contributed by atoms with van der Waals surface area (Å²) in [5, 5.41) is 10.4. The fourth-order valence-electron chi connectivity index (χ4n) is 1.92. The lowest BCUT2D eigenvalue weighted by Crippen LogP contribution is -2.49. The number of carbonyl (C=O) groups is 1. The first-order valence-corrected chi connectivity index (χ1v) is 5.33. The Morgan fingerprint density at radius 1 is 1.53 bits per heavy atom. The number of hydrogen-bond acceptors (Lipinski definition) is 3. The van der Waals surface area contributed by atoms with Gasteiger partial charge in [-0.15, -0.1) is 0 Å². The molecule has 1 rings (SSSR count). The van der Waals surface area contributed by atoms with Crippen LogP contribution in [0, 0.1) is 5.41 Å². The number of ether oxygens (including phenoxy) is 1. The molecule has 1 aliphatic carbocycles. The summed E-state index contributed by atoms with van der Waals surface area (Å²) in [6.07, 6.45) is 0.882. The lowest BCUT2D eigenvalue weighted by Gasteiger charge is -2.35. The van der Waals surface area contributed by atoms with Crippen LogP contribution in [0.1, 0.15) is 40.5 Å². The average Bonchev–Trinajstić information content (AvgIpc) is 2.29. The third-order valence-corrected chi connectivity index (χ3v) is 3.39. The SMILES string of the molecule is C=C1CCC(O)(C(=O)OC(C)C)C1(C)C. The van der Waals surface area contributed by atoms with Crippen molar-refractivity contribution in [1.29, 1.82) is 0 Å². The molecule has 0 aromatic heterocycles. The predicted octanol–water partition coefficient (Wildman–Crippen LogP) is 2.05. The molecule has 1 atom stereocenters. The van der Waals surface area contributed by atoms with E-state index in [-0.39, 0.29) is 6.10 Å². The average molecular weight is 212 g/mol. The molecule has 0 bridgehead atoms. The van der Waals surface area contributed by atoms with E-state index in [0.717, 1.165) is 5.57 Å². The Labute approximate surface area is 91.1 Å². The van der Waals surface area contributed by atoms with Crippen LogP contribution in [-0.4, -0.2) is 22.8 Å². The molecule has 0 amide bonds. The maximum Gasteiger partial charge on any atom is 0.339 e. The minimum atomic E-state index is -1.41. The Bertz CT molecular complexity index is 291. The molecular formula is C12H20O3. The summed E-state index contributed by atoms with van der Waals surface area (Å²) in [4.78, 5) is 11.8. The van der Waals surface area contributed by atoms with E-state index in [1.165, 1.54) is 0 Å². The van der Waals surface area contributed by atoms with E-state index in [4.69, 9.17) is 4.74 Å². The van der Waals surface area contributed by atoms with Crippen LogP contribution in [0.15, 0.2) is 12.2 Å². The van der Waals surface area contributed by atoms with Crippen LogP contribution >= 0.6 is 0 Å². The van der Waals surface area contributed by atoms with Crippen LogP contribution < -0.4 is 0 Å². The Morgan fingerprint density at radius 3 is 2.40 bits per heavy atom. The number of carbonyl (C=O) groups excluding carboxylic acids is 1. The lowest BCUT2D eigenvalue weighted by atomic mass is 9.76. The zero-order chi connectivity index (χ0) is 11.9. The van der Waals surface area contributed by atoms with Crippen LogP contribution in [0.2, 0.25) is 0 Å². The van der Waals surface area contributed by atoms with Gasteiger partial charge in [-0.3, -0.25) is 0 Å². The van der Waals surface area contributed by atoms with Crippen molar-refractivity contribution in [2.24, 2.45) is 5.41 Å². The summed E-state index contributed by atoms with van der Waals surface area (Å²) in [6.45, 7) is 11.1. The molecule has 1 unspecified atom stereocenters. The first kappa shape index (κ1) is 12.2. The molecule has 1 fully saturated rings. The lowest BCUT2D eigenvalue weighted by molar-refractivity contribution is -0.177. The molecule has 3 nitrogen and oxygen atoms in total. The Balaban J connectivity index is 2.92. The summed E-state index contributed by atoms with van der Waals surface area (Å²) >= 11 is 0. The van der Waals surface area contributed by atoms with Crippen LogP contribution in [0.5, 0.6) is 0 Å².